The van der Waals surface area contributed by atoms with E-state index in [0.717, 1.165) is 5.56 Å². The van der Waals surface area contributed by atoms with Gasteiger partial charge in [-0.2, -0.15) is 0 Å². The molecule has 0 unspecified atom stereocenters. The normalized spacial score (nSPS) is 11.1. The molecule has 4 heteroatoms. The second-order valence-corrected chi connectivity index (χ2v) is 6.03. The van der Waals surface area contributed by atoms with E-state index < -0.39 is 11.7 Å². The Labute approximate surface area is 130 Å². The fourth-order valence-corrected chi connectivity index (χ4v) is 1.97. The van der Waals surface area contributed by atoms with Crippen molar-refractivity contribution in [2.45, 2.75) is 32.9 Å². The molecule has 2 rings (SSSR count). The lowest BCUT2D eigenvalue weighted by atomic mass is 10.2. The lowest BCUT2D eigenvalue weighted by Crippen LogP contribution is -2.36. The maximum absolute atomic E-state index is 13.1. The van der Waals surface area contributed by atoms with Gasteiger partial charge in [0.1, 0.15) is 11.4 Å². The van der Waals surface area contributed by atoms with E-state index in [0.29, 0.717) is 12.2 Å². The quantitative estimate of drug-likeness (QED) is 0.817. The zero-order chi connectivity index (χ0) is 16.2. The molecule has 0 atom stereocenters. The highest BCUT2D eigenvalue weighted by Gasteiger charge is 2.23. The van der Waals surface area contributed by atoms with Crippen LogP contribution < -0.4 is 4.90 Å². The van der Waals surface area contributed by atoms with Crippen LogP contribution >= 0.6 is 0 Å². The van der Waals surface area contributed by atoms with Crippen LogP contribution in [0.2, 0.25) is 0 Å². The van der Waals surface area contributed by atoms with Gasteiger partial charge in [-0.05, 0) is 50.6 Å². The minimum atomic E-state index is -0.591. The Morgan fingerprint density at radius 1 is 1.05 bits per heavy atom. The maximum atomic E-state index is 13.1. The molecule has 0 bridgehead atoms. The Morgan fingerprint density at radius 2 is 1.64 bits per heavy atom. The van der Waals surface area contributed by atoms with Crippen LogP contribution in [-0.2, 0) is 11.3 Å². The number of hydrogen-bond donors (Lipinski definition) is 0. The first-order chi connectivity index (χ1) is 10.3. The smallest absolute Gasteiger partial charge is 0.415 e. The van der Waals surface area contributed by atoms with Crippen molar-refractivity contribution in [3.8, 4) is 0 Å². The average molecular weight is 300 g/mol. The fraction of sp³-hybridized carbons (Fsp3) is 0.278. The molecule has 2 aromatic rings. The highest BCUT2D eigenvalue weighted by molar-refractivity contribution is 5.87. The van der Waals surface area contributed by atoms with E-state index in [1.807, 2.05) is 51.1 Å². The number of carbonyl (C=O) groups is 1. The van der Waals surface area contributed by atoms with Gasteiger partial charge in [-0.1, -0.05) is 30.3 Å². The molecular weight excluding hydrogens is 280 g/mol. The predicted molar refractivity (Wildman–Crippen MR) is 85.3 cm³/mol. The topological polar surface area (TPSA) is 29.5 Å². The van der Waals surface area contributed by atoms with E-state index in [1.165, 1.54) is 17.0 Å². The Morgan fingerprint density at radius 3 is 2.18 bits per heavy atom. The molecule has 0 spiro atoms. The molecule has 0 heterocycles. The number of benzene rings is 2. The molecule has 0 aliphatic carbocycles. The first-order valence-corrected chi connectivity index (χ1v) is 7.15. The van der Waals surface area contributed by atoms with Gasteiger partial charge >= 0.3 is 6.09 Å². The number of carbonyl (C=O) groups excluding carboxylic acids is 1. The second-order valence-electron chi connectivity index (χ2n) is 6.03. The third kappa shape index (κ3) is 4.58. The number of halogens is 1. The van der Waals surface area contributed by atoms with Crippen molar-refractivity contribution < 1.29 is 13.9 Å². The van der Waals surface area contributed by atoms with Crippen molar-refractivity contribution in [3.63, 3.8) is 0 Å². The largest absolute Gasteiger partial charge is 0.443 e. The molecule has 2 aromatic carbocycles. The molecule has 0 aliphatic heterocycles. The number of hydrogen-bond acceptors (Lipinski definition) is 2. The molecule has 22 heavy (non-hydrogen) atoms. The monoisotopic (exact) mass is 300 g/mol. The van der Waals surface area contributed by atoms with Crippen molar-refractivity contribution in [1.82, 2.24) is 0 Å². The molecule has 1 amide bonds. The van der Waals surface area contributed by atoms with Gasteiger partial charge in [0.05, 0.1) is 6.54 Å². The lowest BCUT2D eigenvalue weighted by Gasteiger charge is -2.27. The predicted octanol–water partition coefficient (Wildman–Crippen LogP) is 4.77. The molecule has 0 fully saturated rings. The summed E-state index contributed by atoms with van der Waals surface area (Å²) in [6, 6.07) is 15.4. The summed E-state index contributed by atoms with van der Waals surface area (Å²) >= 11 is 0. The summed E-state index contributed by atoms with van der Waals surface area (Å²) < 4.78 is 18.6. The van der Waals surface area contributed by atoms with E-state index in [2.05, 4.69) is 0 Å². The van der Waals surface area contributed by atoms with Gasteiger partial charge in [-0.3, -0.25) is 4.90 Å². The second kappa shape index (κ2) is 6.60. The summed E-state index contributed by atoms with van der Waals surface area (Å²) in [5.74, 6) is -0.340. The molecule has 0 aliphatic rings. The molecule has 0 saturated heterocycles. The molecule has 116 valence electrons. The van der Waals surface area contributed by atoms with Crippen LogP contribution in [0, 0.1) is 5.82 Å². The molecular formula is C18H20FNO2. The Kier molecular flexibility index (Phi) is 4.81. The van der Waals surface area contributed by atoms with Gasteiger partial charge in [0.25, 0.3) is 0 Å². The van der Waals surface area contributed by atoms with Crippen molar-refractivity contribution in [3.05, 3.63) is 66.0 Å². The van der Waals surface area contributed by atoms with Gasteiger partial charge in [0, 0.05) is 5.69 Å². The van der Waals surface area contributed by atoms with E-state index in [9.17, 15) is 9.18 Å². The van der Waals surface area contributed by atoms with Gasteiger partial charge in [-0.25, -0.2) is 9.18 Å². The number of nitrogens with zero attached hydrogens (tertiary/aromatic N) is 1. The summed E-state index contributed by atoms with van der Waals surface area (Å²) in [4.78, 5) is 14.0. The van der Waals surface area contributed by atoms with Gasteiger partial charge in [0.15, 0.2) is 0 Å². The van der Waals surface area contributed by atoms with E-state index >= 15 is 0 Å². The minimum absolute atomic E-state index is 0.340. The third-order valence-corrected chi connectivity index (χ3v) is 2.94. The zero-order valence-electron chi connectivity index (χ0n) is 13.0. The van der Waals surface area contributed by atoms with Gasteiger partial charge in [-0.15, -0.1) is 0 Å². The van der Waals surface area contributed by atoms with Crippen molar-refractivity contribution in [2.75, 3.05) is 4.90 Å². The van der Waals surface area contributed by atoms with Crippen LogP contribution in [0.4, 0.5) is 14.9 Å². The van der Waals surface area contributed by atoms with Crippen molar-refractivity contribution >= 4 is 11.8 Å². The molecule has 0 N–H and O–H groups in total. The highest BCUT2D eigenvalue weighted by atomic mass is 18.2. The summed E-state index contributed by atoms with van der Waals surface area (Å²) in [5.41, 5.74) is 0.976. The number of rotatable bonds is 3. The summed E-state index contributed by atoms with van der Waals surface area (Å²) in [6.07, 6.45) is -0.456. The van der Waals surface area contributed by atoms with Gasteiger partial charge in [0.2, 0.25) is 0 Å². The first kappa shape index (κ1) is 16.0. The SMILES string of the molecule is CC(C)(C)OC(=O)N(Cc1ccccc1)c1ccc([18F])cc1. The Bertz CT molecular complexity index is 618. The molecule has 3 nitrogen and oxygen atoms in total. The number of amides is 1. The molecule has 0 aromatic heterocycles. The van der Waals surface area contributed by atoms with Crippen LogP contribution in [0.1, 0.15) is 26.3 Å². The number of anilines is 1. The zero-order valence-corrected chi connectivity index (χ0v) is 13.0. The highest BCUT2D eigenvalue weighted by Crippen LogP contribution is 2.21. The molecule has 0 saturated carbocycles. The maximum Gasteiger partial charge on any atom is 0.415 e. The average Bonchev–Trinajstić information content (AvgIpc) is 2.45. The van der Waals surface area contributed by atoms with Crippen LogP contribution in [-0.4, -0.2) is 11.7 Å². The van der Waals surface area contributed by atoms with Crippen molar-refractivity contribution in [2.24, 2.45) is 0 Å². The summed E-state index contributed by atoms with van der Waals surface area (Å²) in [7, 11) is 0. The lowest BCUT2D eigenvalue weighted by molar-refractivity contribution is 0.0577. The Balaban J connectivity index is 2.27. The van der Waals surface area contributed by atoms with Crippen molar-refractivity contribution in [1.29, 1.82) is 0 Å². The minimum Gasteiger partial charge on any atom is -0.443 e. The van der Waals surface area contributed by atoms with E-state index in [1.54, 1.807) is 12.1 Å². The Hall–Kier alpha value is -2.36. The number of ether oxygens (including phenoxy) is 1. The van der Waals surface area contributed by atoms with E-state index in [-0.39, 0.29) is 5.82 Å². The van der Waals surface area contributed by atoms with E-state index in [4.69, 9.17) is 4.74 Å². The molecule has 0 radical (unpaired) electrons. The standard InChI is InChI=1S/C18H20FNO2/c1-18(2,3)22-17(21)20(13-14-7-5-4-6-8-14)16-11-9-15(19)10-12-16/h4-12H,13H2,1-3H3/i19-1. The van der Waals surface area contributed by atoms with Crippen LogP contribution in [0.25, 0.3) is 0 Å². The van der Waals surface area contributed by atoms with Crippen LogP contribution in [0.3, 0.4) is 0 Å². The van der Waals surface area contributed by atoms with Crippen LogP contribution in [0.5, 0.6) is 0 Å². The first-order valence-electron chi connectivity index (χ1n) is 7.15. The third-order valence-electron chi connectivity index (χ3n) is 2.94. The summed E-state index contributed by atoms with van der Waals surface area (Å²) in [5, 5.41) is 0. The summed E-state index contributed by atoms with van der Waals surface area (Å²) in [6.45, 7) is 5.81. The fourth-order valence-electron chi connectivity index (χ4n) is 1.97. The van der Waals surface area contributed by atoms with Gasteiger partial charge < -0.3 is 4.74 Å². The van der Waals surface area contributed by atoms with Crippen LogP contribution in [0.15, 0.2) is 54.6 Å².